The second kappa shape index (κ2) is 7.79. The average Bonchev–Trinajstić information content (AvgIpc) is 2.92. The number of allylic oxidation sites excluding steroid dienone is 2. The highest BCUT2D eigenvalue weighted by atomic mass is 16.3. The van der Waals surface area contributed by atoms with Crippen molar-refractivity contribution in [3.63, 3.8) is 0 Å². The molecule has 0 saturated heterocycles. The first-order chi connectivity index (χ1) is 15.7. The minimum Gasteiger partial charge on any atom is -0.396 e. The maximum Gasteiger partial charge on any atom is 0.0853 e. The number of aliphatic hydroxyl groups excluding tert-OH is 4. The summed E-state index contributed by atoms with van der Waals surface area (Å²) in [7, 11) is 0. The molecule has 0 radical (unpaired) electrons. The van der Waals surface area contributed by atoms with E-state index in [0.717, 1.165) is 44.9 Å². The highest BCUT2D eigenvalue weighted by Gasteiger charge is 2.64. The van der Waals surface area contributed by atoms with E-state index in [9.17, 15) is 20.4 Å². The van der Waals surface area contributed by atoms with E-state index in [1.807, 2.05) is 0 Å². The lowest BCUT2D eigenvalue weighted by Gasteiger charge is -2.64. The Morgan fingerprint density at radius 1 is 0.824 bits per heavy atom. The monoisotopic (exact) mass is 474 g/mol. The first kappa shape index (κ1) is 25.2. The van der Waals surface area contributed by atoms with Gasteiger partial charge in [-0.1, -0.05) is 53.2 Å². The normalized spacial score (nSPS) is 56.8. The van der Waals surface area contributed by atoms with Crippen LogP contribution in [-0.4, -0.2) is 45.3 Å². The molecule has 0 heterocycles. The van der Waals surface area contributed by atoms with Crippen molar-refractivity contribution in [2.75, 3.05) is 6.61 Å². The summed E-state index contributed by atoms with van der Waals surface area (Å²) in [5, 5.41) is 43.1. The lowest BCUT2D eigenvalue weighted by molar-refractivity contribution is -0.189. The van der Waals surface area contributed by atoms with Crippen LogP contribution in [0.1, 0.15) is 99.3 Å². The largest absolute Gasteiger partial charge is 0.396 e. The van der Waals surface area contributed by atoms with Gasteiger partial charge in [0.05, 0.1) is 24.9 Å². The van der Waals surface area contributed by atoms with Gasteiger partial charge in [-0.3, -0.25) is 0 Å². The van der Waals surface area contributed by atoms with E-state index < -0.39 is 23.7 Å². The van der Waals surface area contributed by atoms with Crippen LogP contribution in [0.2, 0.25) is 0 Å². The van der Waals surface area contributed by atoms with Gasteiger partial charge < -0.3 is 20.4 Å². The Labute approximate surface area is 207 Å². The van der Waals surface area contributed by atoms with Gasteiger partial charge in [-0.25, -0.2) is 0 Å². The highest BCUT2D eigenvalue weighted by Crippen LogP contribution is 2.70. The van der Waals surface area contributed by atoms with Crippen LogP contribution in [0, 0.1) is 50.7 Å². The molecule has 0 aromatic heterocycles. The summed E-state index contributed by atoms with van der Waals surface area (Å²) in [6.45, 7) is 13.9. The van der Waals surface area contributed by atoms with Crippen LogP contribution in [0.15, 0.2) is 11.6 Å². The molecule has 0 aliphatic heterocycles. The van der Waals surface area contributed by atoms with Gasteiger partial charge in [-0.05, 0) is 103 Å². The molecule has 5 rings (SSSR count). The Morgan fingerprint density at radius 2 is 1.53 bits per heavy atom. The van der Waals surface area contributed by atoms with Crippen molar-refractivity contribution >= 4 is 0 Å². The Morgan fingerprint density at radius 3 is 2.21 bits per heavy atom. The highest BCUT2D eigenvalue weighted by molar-refractivity contribution is 5.26. The predicted molar refractivity (Wildman–Crippen MR) is 135 cm³/mol. The fraction of sp³-hybridized carbons (Fsp3) is 0.933. The molecular formula is C30H50O4. The quantitative estimate of drug-likeness (QED) is 0.399. The van der Waals surface area contributed by atoms with Gasteiger partial charge in [0.15, 0.2) is 0 Å². The van der Waals surface area contributed by atoms with E-state index in [2.05, 4.69) is 47.6 Å². The van der Waals surface area contributed by atoms with Crippen LogP contribution in [0.25, 0.3) is 0 Å². The summed E-state index contributed by atoms with van der Waals surface area (Å²) >= 11 is 0. The van der Waals surface area contributed by atoms with Crippen LogP contribution in [0.4, 0.5) is 0 Å². The first-order valence-corrected chi connectivity index (χ1v) is 14.1. The van der Waals surface area contributed by atoms with Gasteiger partial charge in [-0.2, -0.15) is 0 Å². The fourth-order valence-electron chi connectivity index (χ4n) is 11.1. The molecule has 5 aliphatic carbocycles. The third-order valence-corrected chi connectivity index (χ3v) is 13.0. The predicted octanol–water partition coefficient (Wildman–Crippen LogP) is 5.08. The van der Waals surface area contributed by atoms with Gasteiger partial charge in [0.1, 0.15) is 0 Å². The van der Waals surface area contributed by atoms with Crippen LogP contribution in [0.3, 0.4) is 0 Å². The molecule has 34 heavy (non-hydrogen) atoms. The molecule has 4 heteroatoms. The number of rotatable bonds is 1. The summed E-state index contributed by atoms with van der Waals surface area (Å²) in [6, 6.07) is 0. The number of hydrogen-bond acceptors (Lipinski definition) is 4. The van der Waals surface area contributed by atoms with Crippen molar-refractivity contribution in [1.29, 1.82) is 0 Å². The average molecular weight is 475 g/mol. The fourth-order valence-corrected chi connectivity index (χ4v) is 11.1. The Bertz CT molecular complexity index is 851. The molecule has 4 N–H and O–H groups in total. The lowest BCUT2D eigenvalue weighted by Crippen LogP contribution is -2.60. The minimum atomic E-state index is -0.657. The van der Waals surface area contributed by atoms with E-state index in [1.165, 1.54) is 6.42 Å². The second-order valence-electron chi connectivity index (χ2n) is 14.9. The van der Waals surface area contributed by atoms with Crippen molar-refractivity contribution in [2.24, 2.45) is 50.7 Å². The zero-order valence-electron chi connectivity index (χ0n) is 22.5. The summed E-state index contributed by atoms with van der Waals surface area (Å²) in [5.41, 5.74) is 1.31. The molecule has 0 aromatic carbocycles. The van der Waals surface area contributed by atoms with Crippen LogP contribution < -0.4 is 0 Å². The molecule has 4 nitrogen and oxygen atoms in total. The molecule has 194 valence electrons. The molecule has 0 spiro atoms. The molecule has 2 unspecified atom stereocenters. The standard InChI is InChI=1S/C30H50O4/c1-26(2)21-9-7-18-15-27(3)13-11-23-28(4,14-12-24(33)30(23,6)17-31)22(27)10-8-19(18)29(21,5)16-20(32)25(26)34/h7,19-25,31-34H,8-17H2,1-6H3/t19-,20+,21-,22?,23?,24+,25+,27-,28+,29+,30+/m0/s1. The van der Waals surface area contributed by atoms with Crippen LogP contribution >= 0.6 is 0 Å². The van der Waals surface area contributed by atoms with E-state index in [0.29, 0.717) is 30.1 Å². The Hall–Kier alpha value is -0.420. The van der Waals surface area contributed by atoms with Crippen molar-refractivity contribution in [3.8, 4) is 0 Å². The lowest BCUT2D eigenvalue weighted by atomic mass is 9.42. The summed E-state index contributed by atoms with van der Waals surface area (Å²) in [5.74, 6) is 1.79. The smallest absolute Gasteiger partial charge is 0.0853 e. The molecule has 0 amide bonds. The van der Waals surface area contributed by atoms with Gasteiger partial charge in [0.25, 0.3) is 0 Å². The van der Waals surface area contributed by atoms with Gasteiger partial charge >= 0.3 is 0 Å². The van der Waals surface area contributed by atoms with Crippen molar-refractivity contribution in [2.45, 2.75) is 118 Å². The summed E-state index contributed by atoms with van der Waals surface area (Å²) < 4.78 is 0. The van der Waals surface area contributed by atoms with Gasteiger partial charge in [0.2, 0.25) is 0 Å². The molecule has 0 bridgehead atoms. The third kappa shape index (κ3) is 3.17. The van der Waals surface area contributed by atoms with Crippen LogP contribution in [-0.2, 0) is 0 Å². The zero-order chi connectivity index (χ0) is 24.9. The SMILES string of the molecule is CC1(C)[C@H](O)[C@H](O)C[C@]2(C)[C@H]3CCC4[C@@](C)(CCC5[C@]4(C)CC[C@@H](O)[C@]5(C)CO)CC3=CC[C@@H]12. The van der Waals surface area contributed by atoms with E-state index in [-0.39, 0.29) is 28.3 Å². The van der Waals surface area contributed by atoms with Crippen molar-refractivity contribution in [3.05, 3.63) is 11.6 Å². The van der Waals surface area contributed by atoms with E-state index in [1.54, 1.807) is 5.57 Å². The van der Waals surface area contributed by atoms with Crippen molar-refractivity contribution in [1.82, 2.24) is 0 Å². The molecule has 5 aliphatic rings. The molecule has 4 fully saturated rings. The third-order valence-electron chi connectivity index (χ3n) is 13.0. The maximum atomic E-state index is 10.9. The topological polar surface area (TPSA) is 80.9 Å². The summed E-state index contributed by atoms with van der Waals surface area (Å²) in [4.78, 5) is 0. The molecule has 4 saturated carbocycles. The number of fused-ring (bicyclic) bond motifs is 6. The molecule has 0 aromatic rings. The van der Waals surface area contributed by atoms with Gasteiger partial charge in [0, 0.05) is 5.41 Å². The maximum absolute atomic E-state index is 10.9. The molecular weight excluding hydrogens is 424 g/mol. The Kier molecular flexibility index (Phi) is 5.78. The first-order valence-electron chi connectivity index (χ1n) is 14.1. The number of aliphatic hydroxyl groups is 4. The van der Waals surface area contributed by atoms with Crippen LogP contribution in [0.5, 0.6) is 0 Å². The van der Waals surface area contributed by atoms with Gasteiger partial charge in [-0.15, -0.1) is 0 Å². The second-order valence-corrected chi connectivity index (χ2v) is 14.9. The number of hydrogen-bond donors (Lipinski definition) is 4. The van der Waals surface area contributed by atoms with Crippen molar-refractivity contribution < 1.29 is 20.4 Å². The zero-order valence-corrected chi connectivity index (χ0v) is 22.5. The summed E-state index contributed by atoms with van der Waals surface area (Å²) in [6.07, 6.45) is 10.1. The minimum absolute atomic E-state index is 0.0127. The van der Waals surface area contributed by atoms with E-state index in [4.69, 9.17) is 0 Å². The Balaban J connectivity index is 1.51. The molecule has 11 atom stereocenters. The van der Waals surface area contributed by atoms with E-state index >= 15 is 0 Å².